The first-order valence-electron chi connectivity index (χ1n) is 3.53. The lowest BCUT2D eigenvalue weighted by Gasteiger charge is -2.00. The molecule has 0 heterocycles. The highest BCUT2D eigenvalue weighted by Gasteiger charge is 2.03. The molecule has 1 nitrogen and oxygen atoms in total. The normalized spacial score (nSPS) is 9.92. The second-order valence-corrected chi connectivity index (χ2v) is 3.78. The van der Waals surface area contributed by atoms with Crippen molar-refractivity contribution in [3.05, 3.63) is 33.1 Å². The Morgan fingerprint density at radius 3 is 2.83 bits per heavy atom. The summed E-state index contributed by atoms with van der Waals surface area (Å²) in [4.78, 5) is 10.8. The fourth-order valence-electron chi connectivity index (χ4n) is 0.947. The van der Waals surface area contributed by atoms with Gasteiger partial charge >= 0.3 is 0 Å². The third kappa shape index (κ3) is 2.55. The summed E-state index contributed by atoms with van der Waals surface area (Å²) in [5.74, 6) is -0.231. The molecule has 1 aromatic carbocycles. The Morgan fingerprint density at radius 2 is 2.25 bits per heavy atom. The molecule has 0 radical (unpaired) electrons. The molecule has 0 aliphatic rings. The molecular formula is C9H8FIO. The van der Waals surface area contributed by atoms with E-state index in [9.17, 15) is 9.18 Å². The second kappa shape index (κ2) is 3.98. The van der Waals surface area contributed by atoms with E-state index in [1.807, 2.05) is 0 Å². The van der Waals surface area contributed by atoms with E-state index in [1.165, 1.54) is 19.1 Å². The van der Waals surface area contributed by atoms with Crippen molar-refractivity contribution in [2.75, 3.05) is 0 Å². The van der Waals surface area contributed by atoms with E-state index in [1.54, 1.807) is 6.07 Å². The summed E-state index contributed by atoms with van der Waals surface area (Å²) in [7, 11) is 0. The van der Waals surface area contributed by atoms with E-state index in [4.69, 9.17) is 0 Å². The second-order valence-electron chi connectivity index (χ2n) is 2.61. The van der Waals surface area contributed by atoms with Gasteiger partial charge in [-0.1, -0.05) is 0 Å². The third-order valence-corrected chi connectivity index (χ3v) is 2.50. The van der Waals surface area contributed by atoms with Gasteiger partial charge in [-0.25, -0.2) is 4.39 Å². The highest BCUT2D eigenvalue weighted by Crippen LogP contribution is 2.14. The van der Waals surface area contributed by atoms with Crippen LogP contribution < -0.4 is 0 Å². The molecule has 0 bridgehead atoms. The van der Waals surface area contributed by atoms with Gasteiger partial charge in [-0.05, 0) is 53.3 Å². The van der Waals surface area contributed by atoms with E-state index in [0.717, 1.165) is 9.13 Å². The van der Waals surface area contributed by atoms with E-state index < -0.39 is 0 Å². The van der Waals surface area contributed by atoms with Crippen LogP contribution in [0, 0.1) is 9.39 Å². The van der Waals surface area contributed by atoms with Crippen LogP contribution in [0.3, 0.4) is 0 Å². The van der Waals surface area contributed by atoms with E-state index >= 15 is 0 Å². The zero-order chi connectivity index (χ0) is 9.14. The van der Waals surface area contributed by atoms with Crippen molar-refractivity contribution in [2.45, 2.75) is 13.3 Å². The fourth-order valence-corrected chi connectivity index (χ4v) is 1.47. The van der Waals surface area contributed by atoms with Crippen molar-refractivity contribution >= 4 is 28.4 Å². The summed E-state index contributed by atoms with van der Waals surface area (Å²) >= 11 is 2.09. The Bertz CT molecular complexity index is 309. The van der Waals surface area contributed by atoms with Crippen molar-refractivity contribution in [2.24, 2.45) is 0 Å². The van der Waals surface area contributed by atoms with E-state index in [-0.39, 0.29) is 11.6 Å². The minimum absolute atomic E-state index is 0.0542. The van der Waals surface area contributed by atoms with Crippen molar-refractivity contribution < 1.29 is 9.18 Å². The molecule has 12 heavy (non-hydrogen) atoms. The third-order valence-electron chi connectivity index (χ3n) is 1.45. The molecule has 0 fully saturated rings. The van der Waals surface area contributed by atoms with E-state index in [2.05, 4.69) is 22.6 Å². The van der Waals surface area contributed by atoms with Crippen LogP contribution in [-0.4, -0.2) is 5.78 Å². The number of benzene rings is 1. The maximum absolute atomic E-state index is 12.7. The van der Waals surface area contributed by atoms with Crippen LogP contribution in [0.15, 0.2) is 18.2 Å². The van der Waals surface area contributed by atoms with Crippen molar-refractivity contribution in [3.63, 3.8) is 0 Å². The molecule has 0 saturated heterocycles. The van der Waals surface area contributed by atoms with Gasteiger partial charge in [-0.3, -0.25) is 4.79 Å². The average Bonchev–Trinajstić information content (AvgIpc) is 1.96. The minimum atomic E-state index is -0.285. The minimum Gasteiger partial charge on any atom is -0.300 e. The standard InChI is InChI=1S/C9H8FIO/c1-6(12)4-7-5-8(10)2-3-9(7)11/h2-3,5H,4H2,1H3. The van der Waals surface area contributed by atoms with Gasteiger partial charge in [0, 0.05) is 9.99 Å². The van der Waals surface area contributed by atoms with Gasteiger partial charge in [0.1, 0.15) is 11.6 Å². The number of Topliss-reactive ketones (excluding diaryl/α,β-unsaturated/α-hetero) is 1. The van der Waals surface area contributed by atoms with Gasteiger partial charge in [0.25, 0.3) is 0 Å². The Labute approximate surface area is 84.1 Å². The predicted molar refractivity (Wildman–Crippen MR) is 53.5 cm³/mol. The predicted octanol–water partition coefficient (Wildman–Crippen LogP) is 2.56. The van der Waals surface area contributed by atoms with Gasteiger partial charge in [-0.15, -0.1) is 0 Å². The number of carbonyl (C=O) groups is 1. The molecular weight excluding hydrogens is 270 g/mol. The number of rotatable bonds is 2. The van der Waals surface area contributed by atoms with Crippen LogP contribution in [0.2, 0.25) is 0 Å². The molecule has 0 aliphatic heterocycles. The SMILES string of the molecule is CC(=O)Cc1cc(F)ccc1I. The fraction of sp³-hybridized carbons (Fsp3) is 0.222. The molecule has 0 saturated carbocycles. The number of carbonyl (C=O) groups excluding carboxylic acids is 1. The maximum atomic E-state index is 12.7. The van der Waals surface area contributed by atoms with Crippen molar-refractivity contribution in [1.82, 2.24) is 0 Å². The maximum Gasteiger partial charge on any atom is 0.134 e. The largest absolute Gasteiger partial charge is 0.300 e. The molecule has 3 heteroatoms. The average molecular weight is 278 g/mol. The van der Waals surface area contributed by atoms with Crippen LogP contribution in [0.1, 0.15) is 12.5 Å². The van der Waals surface area contributed by atoms with Crippen molar-refractivity contribution in [1.29, 1.82) is 0 Å². The zero-order valence-corrected chi connectivity index (χ0v) is 8.76. The Morgan fingerprint density at radius 1 is 1.58 bits per heavy atom. The molecule has 1 rings (SSSR count). The van der Waals surface area contributed by atoms with E-state index in [0.29, 0.717) is 6.42 Å². The van der Waals surface area contributed by atoms with Gasteiger partial charge < -0.3 is 0 Å². The molecule has 64 valence electrons. The van der Waals surface area contributed by atoms with Crippen LogP contribution in [0.25, 0.3) is 0 Å². The first-order valence-corrected chi connectivity index (χ1v) is 4.61. The van der Waals surface area contributed by atoms with Crippen molar-refractivity contribution in [3.8, 4) is 0 Å². The highest BCUT2D eigenvalue weighted by atomic mass is 127. The Kier molecular flexibility index (Phi) is 3.20. The first kappa shape index (κ1) is 9.64. The summed E-state index contributed by atoms with van der Waals surface area (Å²) in [6.45, 7) is 1.50. The lowest BCUT2D eigenvalue weighted by Crippen LogP contribution is -1.99. The molecule has 0 aliphatic carbocycles. The lowest BCUT2D eigenvalue weighted by molar-refractivity contribution is -0.116. The van der Waals surface area contributed by atoms with Gasteiger partial charge in [-0.2, -0.15) is 0 Å². The van der Waals surface area contributed by atoms with Gasteiger partial charge in [0.15, 0.2) is 0 Å². The van der Waals surface area contributed by atoms with Crippen LogP contribution >= 0.6 is 22.6 Å². The molecule has 0 N–H and O–H groups in total. The zero-order valence-electron chi connectivity index (χ0n) is 6.60. The molecule has 0 atom stereocenters. The van der Waals surface area contributed by atoms with Crippen LogP contribution in [0.5, 0.6) is 0 Å². The Hall–Kier alpha value is -0.450. The van der Waals surface area contributed by atoms with Gasteiger partial charge in [0.2, 0.25) is 0 Å². The highest BCUT2D eigenvalue weighted by molar-refractivity contribution is 14.1. The quantitative estimate of drug-likeness (QED) is 0.760. The lowest BCUT2D eigenvalue weighted by atomic mass is 10.1. The number of ketones is 1. The number of halogens is 2. The summed E-state index contributed by atoms with van der Waals surface area (Å²) in [5, 5.41) is 0. The molecule has 0 unspecified atom stereocenters. The monoisotopic (exact) mass is 278 g/mol. The number of hydrogen-bond donors (Lipinski definition) is 0. The first-order chi connectivity index (χ1) is 5.59. The van der Waals surface area contributed by atoms with Crippen LogP contribution in [0.4, 0.5) is 4.39 Å². The molecule has 0 amide bonds. The summed E-state index contributed by atoms with van der Waals surface area (Å²) in [6, 6.07) is 4.47. The molecule has 0 aromatic heterocycles. The molecule has 0 spiro atoms. The summed E-state index contributed by atoms with van der Waals surface area (Å²) in [6.07, 6.45) is 0.316. The molecule has 1 aromatic rings. The van der Waals surface area contributed by atoms with Gasteiger partial charge in [0.05, 0.1) is 0 Å². The summed E-state index contributed by atoms with van der Waals surface area (Å²) < 4.78 is 13.6. The Balaban J connectivity index is 2.97. The number of hydrogen-bond acceptors (Lipinski definition) is 1. The summed E-state index contributed by atoms with van der Waals surface area (Å²) in [5.41, 5.74) is 0.767. The van der Waals surface area contributed by atoms with Crippen LogP contribution in [-0.2, 0) is 11.2 Å². The topological polar surface area (TPSA) is 17.1 Å². The smallest absolute Gasteiger partial charge is 0.134 e.